The molecule has 0 unspecified atom stereocenters. The molecule has 2 aromatic carbocycles. The highest BCUT2D eigenvalue weighted by molar-refractivity contribution is 9.10. The quantitative estimate of drug-likeness (QED) is 0.496. The van der Waals surface area contributed by atoms with Crippen LogP contribution in [0.4, 0.5) is 0 Å². The van der Waals surface area contributed by atoms with Gasteiger partial charge in [0.2, 0.25) is 5.91 Å². The van der Waals surface area contributed by atoms with Crippen LogP contribution in [0, 0.1) is 6.92 Å². The van der Waals surface area contributed by atoms with E-state index in [2.05, 4.69) is 26.1 Å². The Kier molecular flexibility index (Phi) is 6.81. The van der Waals surface area contributed by atoms with Crippen molar-refractivity contribution in [3.05, 3.63) is 52.0 Å². The highest BCUT2D eigenvalue weighted by Gasteiger charge is 2.18. The van der Waals surface area contributed by atoms with E-state index in [4.69, 9.17) is 15.2 Å². The number of ether oxygens (including phenoxy) is 2. The summed E-state index contributed by atoms with van der Waals surface area (Å²) in [5, 5.41) is 9.20. The van der Waals surface area contributed by atoms with Crippen molar-refractivity contribution >= 4 is 33.6 Å². The molecule has 0 aliphatic rings. The van der Waals surface area contributed by atoms with Crippen LogP contribution in [0.25, 0.3) is 11.4 Å². The van der Waals surface area contributed by atoms with E-state index in [1.54, 1.807) is 18.8 Å². The smallest absolute Gasteiger partial charge is 0.237 e. The first kappa shape index (κ1) is 21.2. The molecule has 0 saturated carbocycles. The molecule has 0 aliphatic carbocycles. The van der Waals surface area contributed by atoms with E-state index in [9.17, 15) is 4.79 Å². The van der Waals surface area contributed by atoms with E-state index >= 15 is 0 Å². The van der Waals surface area contributed by atoms with Crippen molar-refractivity contribution in [2.24, 2.45) is 5.73 Å². The second kappa shape index (κ2) is 9.32. The number of carbonyl (C=O) groups is 1. The average molecular weight is 477 g/mol. The van der Waals surface area contributed by atoms with Crippen molar-refractivity contribution in [2.45, 2.75) is 24.4 Å². The third-order valence-electron chi connectivity index (χ3n) is 4.22. The third kappa shape index (κ3) is 4.91. The molecule has 0 spiro atoms. The van der Waals surface area contributed by atoms with Gasteiger partial charge in [0.1, 0.15) is 18.0 Å². The fourth-order valence-corrected chi connectivity index (χ4v) is 4.27. The average Bonchev–Trinajstić information content (AvgIpc) is 3.08. The third-order valence-corrected chi connectivity index (χ3v) is 5.85. The molecule has 1 aromatic heterocycles. The summed E-state index contributed by atoms with van der Waals surface area (Å²) in [6.07, 6.45) is 0. The van der Waals surface area contributed by atoms with Gasteiger partial charge in [-0.2, -0.15) is 0 Å². The summed E-state index contributed by atoms with van der Waals surface area (Å²) in [6.45, 7) is 2.00. The number of rotatable bonds is 8. The van der Waals surface area contributed by atoms with Crippen LogP contribution in [0.1, 0.15) is 11.1 Å². The lowest BCUT2D eigenvalue weighted by Crippen LogP contribution is -2.20. The molecule has 29 heavy (non-hydrogen) atoms. The Bertz CT molecular complexity index is 1040. The first-order valence-electron chi connectivity index (χ1n) is 8.74. The number of benzene rings is 2. The summed E-state index contributed by atoms with van der Waals surface area (Å²) in [5.41, 5.74) is 8.38. The number of aryl methyl sites for hydroxylation is 1. The molecule has 9 heteroatoms. The second-order valence-electron chi connectivity index (χ2n) is 6.32. The topological polar surface area (TPSA) is 92.3 Å². The maximum Gasteiger partial charge on any atom is 0.237 e. The van der Waals surface area contributed by atoms with Gasteiger partial charge in [0.15, 0.2) is 11.0 Å². The Morgan fingerprint density at radius 2 is 1.93 bits per heavy atom. The Balaban J connectivity index is 1.93. The maximum atomic E-state index is 11.7. The number of hydrogen-bond acceptors (Lipinski definition) is 6. The molecule has 2 N–H and O–H groups in total. The monoisotopic (exact) mass is 476 g/mol. The predicted molar refractivity (Wildman–Crippen MR) is 116 cm³/mol. The van der Waals surface area contributed by atoms with Gasteiger partial charge in [-0.15, -0.1) is 10.2 Å². The summed E-state index contributed by atoms with van der Waals surface area (Å²) in [5.74, 6) is 2.14. The number of aromatic nitrogens is 3. The predicted octanol–water partition coefficient (Wildman–Crippen LogP) is 3.81. The van der Waals surface area contributed by atoms with Crippen LogP contribution >= 0.6 is 27.7 Å². The number of primary amides is 1. The highest BCUT2D eigenvalue weighted by Crippen LogP contribution is 2.36. The molecule has 1 amide bonds. The molecule has 0 bridgehead atoms. The number of hydrogen-bond donors (Lipinski definition) is 1. The van der Waals surface area contributed by atoms with Crippen LogP contribution in [0.2, 0.25) is 0 Å². The Hall–Kier alpha value is -2.52. The summed E-state index contributed by atoms with van der Waals surface area (Å²) in [6, 6.07) is 11.7. The molecule has 1 heterocycles. The minimum Gasteiger partial charge on any atom is -0.496 e. The molecule has 152 valence electrons. The lowest BCUT2D eigenvalue weighted by atomic mass is 10.1. The van der Waals surface area contributed by atoms with Crippen molar-refractivity contribution in [1.82, 2.24) is 14.8 Å². The van der Waals surface area contributed by atoms with Crippen LogP contribution in [0.15, 0.2) is 46.0 Å². The van der Waals surface area contributed by atoms with Crippen molar-refractivity contribution in [3.63, 3.8) is 0 Å². The van der Waals surface area contributed by atoms with Crippen LogP contribution in [-0.2, 0) is 17.1 Å². The van der Waals surface area contributed by atoms with Crippen LogP contribution in [0.5, 0.6) is 11.5 Å². The second-order valence-corrected chi connectivity index (χ2v) is 8.11. The van der Waals surface area contributed by atoms with Gasteiger partial charge in [-0.05, 0) is 41.1 Å². The Morgan fingerprint density at radius 1 is 1.17 bits per heavy atom. The standard InChI is InChI=1S/C20H21BrN4O3S/c1-12-5-4-6-13(7-12)19-23-24-20(25(19)10-18(22)26)29-11-14-8-17(28-3)15(21)9-16(14)27-2/h4-9H,10-11H2,1-3H3,(H2,22,26). The zero-order valence-corrected chi connectivity index (χ0v) is 18.7. The van der Waals surface area contributed by atoms with Crippen molar-refractivity contribution in [1.29, 1.82) is 0 Å². The van der Waals surface area contributed by atoms with Crippen LogP contribution in [-0.4, -0.2) is 34.9 Å². The number of nitrogens with zero attached hydrogens (tertiary/aromatic N) is 3. The molecular weight excluding hydrogens is 456 g/mol. The van der Waals surface area contributed by atoms with Crippen LogP contribution in [0.3, 0.4) is 0 Å². The van der Waals surface area contributed by atoms with Gasteiger partial charge in [-0.1, -0.05) is 35.5 Å². The number of nitrogens with two attached hydrogens (primary N) is 1. The lowest BCUT2D eigenvalue weighted by Gasteiger charge is -2.12. The zero-order valence-electron chi connectivity index (χ0n) is 16.3. The molecule has 7 nitrogen and oxygen atoms in total. The zero-order chi connectivity index (χ0) is 21.0. The van der Waals surface area contributed by atoms with E-state index in [0.717, 1.165) is 26.9 Å². The van der Waals surface area contributed by atoms with Gasteiger partial charge in [-0.25, -0.2) is 0 Å². The first-order valence-corrected chi connectivity index (χ1v) is 10.5. The SMILES string of the molecule is COc1cc(CSc2nnc(-c3cccc(C)c3)n2CC(N)=O)c(OC)cc1Br. The van der Waals surface area contributed by atoms with Crippen molar-refractivity contribution in [2.75, 3.05) is 14.2 Å². The highest BCUT2D eigenvalue weighted by atomic mass is 79.9. The summed E-state index contributed by atoms with van der Waals surface area (Å²) < 4.78 is 13.4. The lowest BCUT2D eigenvalue weighted by molar-refractivity contribution is -0.118. The molecule has 0 saturated heterocycles. The van der Waals surface area contributed by atoms with E-state index in [0.29, 0.717) is 22.5 Å². The van der Waals surface area contributed by atoms with Gasteiger partial charge >= 0.3 is 0 Å². The number of carbonyl (C=O) groups excluding carboxylic acids is 1. The summed E-state index contributed by atoms with van der Waals surface area (Å²) in [4.78, 5) is 11.7. The Morgan fingerprint density at radius 3 is 2.59 bits per heavy atom. The van der Waals surface area contributed by atoms with E-state index in [1.807, 2.05) is 43.3 Å². The number of amides is 1. The molecule has 3 aromatic rings. The molecule has 0 fully saturated rings. The maximum absolute atomic E-state index is 11.7. The Labute approximate surface area is 181 Å². The van der Waals surface area contributed by atoms with Crippen molar-refractivity contribution < 1.29 is 14.3 Å². The number of thioether (sulfide) groups is 1. The molecular formula is C20H21BrN4O3S. The fraction of sp³-hybridized carbons (Fsp3) is 0.250. The normalized spacial score (nSPS) is 10.8. The first-order chi connectivity index (χ1) is 13.9. The minimum atomic E-state index is -0.455. The number of methoxy groups -OCH3 is 2. The molecule has 3 rings (SSSR count). The molecule has 0 radical (unpaired) electrons. The summed E-state index contributed by atoms with van der Waals surface area (Å²) in [7, 11) is 3.23. The van der Waals surface area contributed by atoms with Crippen molar-refractivity contribution in [3.8, 4) is 22.9 Å². The fourth-order valence-electron chi connectivity index (χ4n) is 2.87. The molecule has 0 atom stereocenters. The minimum absolute atomic E-state index is 0.000593. The van der Waals surface area contributed by atoms with Gasteiger partial charge in [-0.3, -0.25) is 9.36 Å². The van der Waals surface area contributed by atoms with Gasteiger partial charge in [0.25, 0.3) is 0 Å². The van der Waals surface area contributed by atoms with Gasteiger partial charge in [0, 0.05) is 16.9 Å². The van der Waals surface area contributed by atoms with Gasteiger partial charge < -0.3 is 15.2 Å². The largest absolute Gasteiger partial charge is 0.496 e. The molecule has 0 aliphatic heterocycles. The van der Waals surface area contributed by atoms with E-state index < -0.39 is 5.91 Å². The summed E-state index contributed by atoms with van der Waals surface area (Å²) >= 11 is 4.91. The van der Waals surface area contributed by atoms with E-state index in [-0.39, 0.29) is 6.54 Å². The van der Waals surface area contributed by atoms with E-state index in [1.165, 1.54) is 11.8 Å². The van der Waals surface area contributed by atoms with Crippen LogP contribution < -0.4 is 15.2 Å². The van der Waals surface area contributed by atoms with Gasteiger partial charge in [0.05, 0.1) is 18.7 Å². The number of halogens is 1.